The smallest absolute Gasteiger partial charge is 0.305 e. The Kier molecular flexibility index (Phi) is 3.44. The van der Waals surface area contributed by atoms with Gasteiger partial charge in [-0.25, -0.2) is 14.4 Å². The Labute approximate surface area is 115 Å². The summed E-state index contributed by atoms with van der Waals surface area (Å²) in [6.07, 6.45) is 0.887. The van der Waals surface area contributed by atoms with Crippen LogP contribution in [0.15, 0.2) is 18.3 Å². The largest absolute Gasteiger partial charge is 0.383 e. The summed E-state index contributed by atoms with van der Waals surface area (Å²) in [5.74, 6) is -4.39. The van der Waals surface area contributed by atoms with Gasteiger partial charge in [-0.1, -0.05) is 0 Å². The number of aromatic nitrogens is 2. The molecule has 10 heteroatoms. The van der Waals surface area contributed by atoms with Crippen LogP contribution >= 0.6 is 0 Å². The van der Waals surface area contributed by atoms with Crippen LogP contribution in [-0.2, 0) is 0 Å². The molecule has 1 aromatic heterocycles. The van der Waals surface area contributed by atoms with E-state index in [1.165, 1.54) is 0 Å². The van der Waals surface area contributed by atoms with Crippen molar-refractivity contribution in [3.05, 3.63) is 45.6 Å². The van der Waals surface area contributed by atoms with Crippen molar-refractivity contribution in [3.63, 3.8) is 0 Å². The van der Waals surface area contributed by atoms with Crippen molar-refractivity contribution in [3.8, 4) is 11.4 Å². The number of nitrogens with two attached hydrogens (primary N) is 2. The Hall–Kier alpha value is -3.17. The zero-order valence-electron chi connectivity index (χ0n) is 10.2. The van der Waals surface area contributed by atoms with Gasteiger partial charge in [-0.3, -0.25) is 14.9 Å². The standard InChI is InChI=1S/C11H7F2N5O3/c12-5-1-2-6(18(20)21)8(13)7(5)11-16-3-4(10(15)19)9(14)17-11/h1-3H,(H2,15,19)(H2,14,16,17). The van der Waals surface area contributed by atoms with Crippen LogP contribution < -0.4 is 11.5 Å². The molecule has 1 amide bonds. The van der Waals surface area contributed by atoms with Gasteiger partial charge in [-0.2, -0.15) is 4.39 Å². The summed E-state index contributed by atoms with van der Waals surface area (Å²) in [6.45, 7) is 0. The van der Waals surface area contributed by atoms with E-state index in [2.05, 4.69) is 9.97 Å². The molecule has 0 spiro atoms. The van der Waals surface area contributed by atoms with Gasteiger partial charge in [0.15, 0.2) is 5.82 Å². The van der Waals surface area contributed by atoms with E-state index in [9.17, 15) is 23.7 Å². The number of hydrogen-bond acceptors (Lipinski definition) is 6. The number of carbonyl (C=O) groups excluding carboxylic acids is 1. The SMILES string of the molecule is NC(=O)c1cnc(-c2c(F)ccc([N+](=O)[O-])c2F)nc1N. The maximum Gasteiger partial charge on any atom is 0.305 e. The van der Waals surface area contributed by atoms with E-state index in [0.29, 0.717) is 12.1 Å². The second-order valence-electron chi connectivity index (χ2n) is 3.87. The first kappa shape index (κ1) is 14.2. The summed E-state index contributed by atoms with van der Waals surface area (Å²) in [6, 6.07) is 1.38. The first-order valence-corrected chi connectivity index (χ1v) is 5.38. The number of nitro benzene ring substituents is 1. The van der Waals surface area contributed by atoms with Crippen LogP contribution in [0.2, 0.25) is 0 Å². The van der Waals surface area contributed by atoms with Crippen molar-refractivity contribution in [2.45, 2.75) is 0 Å². The molecule has 1 aromatic carbocycles. The molecule has 2 aromatic rings. The molecule has 0 aliphatic carbocycles. The third-order valence-electron chi connectivity index (χ3n) is 2.57. The van der Waals surface area contributed by atoms with Gasteiger partial charge in [-0.05, 0) is 6.07 Å². The van der Waals surface area contributed by atoms with E-state index >= 15 is 0 Å². The number of carbonyl (C=O) groups is 1. The number of primary amides is 1. The predicted molar refractivity (Wildman–Crippen MR) is 67.0 cm³/mol. The van der Waals surface area contributed by atoms with Crippen molar-refractivity contribution in [1.82, 2.24) is 9.97 Å². The Bertz CT molecular complexity index is 766. The summed E-state index contributed by atoms with van der Waals surface area (Å²) in [7, 11) is 0. The summed E-state index contributed by atoms with van der Waals surface area (Å²) >= 11 is 0. The predicted octanol–water partition coefficient (Wildman–Crippen LogP) is 1.01. The third kappa shape index (κ3) is 2.45. The van der Waals surface area contributed by atoms with Crippen LogP contribution in [0.4, 0.5) is 20.3 Å². The minimum absolute atomic E-state index is 0.231. The van der Waals surface area contributed by atoms with Crippen LogP contribution in [0.1, 0.15) is 10.4 Å². The Morgan fingerprint density at radius 1 is 1.33 bits per heavy atom. The molecular weight excluding hydrogens is 288 g/mol. The maximum absolute atomic E-state index is 14.0. The molecule has 0 bridgehead atoms. The van der Waals surface area contributed by atoms with Crippen molar-refractivity contribution in [2.24, 2.45) is 5.73 Å². The number of rotatable bonds is 3. The normalized spacial score (nSPS) is 10.4. The van der Waals surface area contributed by atoms with Crippen molar-refractivity contribution in [1.29, 1.82) is 0 Å². The quantitative estimate of drug-likeness (QED) is 0.640. The van der Waals surface area contributed by atoms with Crippen molar-refractivity contribution < 1.29 is 18.5 Å². The molecule has 4 N–H and O–H groups in total. The molecule has 0 aliphatic rings. The highest BCUT2D eigenvalue weighted by Crippen LogP contribution is 2.30. The molecule has 0 saturated carbocycles. The monoisotopic (exact) mass is 295 g/mol. The van der Waals surface area contributed by atoms with Crippen LogP contribution in [0.5, 0.6) is 0 Å². The molecule has 0 radical (unpaired) electrons. The summed E-state index contributed by atoms with van der Waals surface area (Å²) in [5.41, 5.74) is 8.44. The number of amides is 1. The zero-order chi connectivity index (χ0) is 15.7. The number of nitro groups is 1. The fourth-order valence-corrected chi connectivity index (χ4v) is 1.59. The second-order valence-corrected chi connectivity index (χ2v) is 3.87. The lowest BCUT2D eigenvalue weighted by Crippen LogP contribution is -2.15. The molecular formula is C11H7F2N5O3. The molecule has 0 saturated heterocycles. The Balaban J connectivity index is 2.67. The number of nitrogens with zero attached hydrogens (tertiary/aromatic N) is 3. The number of nitrogen functional groups attached to an aromatic ring is 1. The highest BCUT2D eigenvalue weighted by molar-refractivity contribution is 5.96. The average molecular weight is 295 g/mol. The zero-order valence-corrected chi connectivity index (χ0v) is 10.2. The first-order chi connectivity index (χ1) is 9.82. The van der Waals surface area contributed by atoms with Gasteiger partial charge in [0.1, 0.15) is 11.6 Å². The summed E-state index contributed by atoms with van der Waals surface area (Å²) in [5, 5.41) is 10.6. The van der Waals surface area contributed by atoms with E-state index in [-0.39, 0.29) is 5.56 Å². The van der Waals surface area contributed by atoms with Crippen molar-refractivity contribution in [2.75, 3.05) is 5.73 Å². The Morgan fingerprint density at radius 2 is 2.00 bits per heavy atom. The molecule has 108 valence electrons. The van der Waals surface area contributed by atoms with Crippen LogP contribution in [0.25, 0.3) is 11.4 Å². The number of benzene rings is 1. The molecule has 0 unspecified atom stereocenters. The van der Waals surface area contributed by atoms with Gasteiger partial charge in [0, 0.05) is 12.3 Å². The van der Waals surface area contributed by atoms with E-state index < -0.39 is 45.4 Å². The fraction of sp³-hybridized carbons (Fsp3) is 0. The van der Waals surface area contributed by atoms with Gasteiger partial charge in [0.2, 0.25) is 5.82 Å². The lowest BCUT2D eigenvalue weighted by atomic mass is 10.1. The van der Waals surface area contributed by atoms with Gasteiger partial charge < -0.3 is 11.5 Å². The lowest BCUT2D eigenvalue weighted by molar-refractivity contribution is -0.387. The molecule has 0 aliphatic heterocycles. The average Bonchev–Trinajstić information content (AvgIpc) is 2.37. The minimum atomic E-state index is -1.44. The Morgan fingerprint density at radius 3 is 2.52 bits per heavy atom. The van der Waals surface area contributed by atoms with Gasteiger partial charge in [-0.15, -0.1) is 0 Å². The highest BCUT2D eigenvalue weighted by atomic mass is 19.1. The number of halogens is 2. The molecule has 1 heterocycles. The highest BCUT2D eigenvalue weighted by Gasteiger charge is 2.25. The van der Waals surface area contributed by atoms with Crippen molar-refractivity contribution >= 4 is 17.4 Å². The van der Waals surface area contributed by atoms with Crippen LogP contribution in [0.3, 0.4) is 0 Å². The second kappa shape index (κ2) is 5.07. The molecule has 2 rings (SSSR count). The van der Waals surface area contributed by atoms with E-state index in [0.717, 1.165) is 6.20 Å². The fourth-order valence-electron chi connectivity index (χ4n) is 1.59. The van der Waals surface area contributed by atoms with Gasteiger partial charge >= 0.3 is 5.69 Å². The van der Waals surface area contributed by atoms with Gasteiger partial charge in [0.25, 0.3) is 5.91 Å². The van der Waals surface area contributed by atoms with Crippen LogP contribution in [-0.4, -0.2) is 20.8 Å². The molecule has 8 nitrogen and oxygen atoms in total. The molecule has 0 atom stereocenters. The van der Waals surface area contributed by atoms with E-state index in [1.54, 1.807) is 0 Å². The third-order valence-corrected chi connectivity index (χ3v) is 2.57. The van der Waals surface area contributed by atoms with Gasteiger partial charge in [0.05, 0.1) is 16.1 Å². The van der Waals surface area contributed by atoms with E-state index in [1.807, 2.05) is 0 Å². The lowest BCUT2D eigenvalue weighted by Gasteiger charge is -2.06. The first-order valence-electron chi connectivity index (χ1n) is 5.38. The molecule has 0 fully saturated rings. The molecule has 21 heavy (non-hydrogen) atoms. The maximum atomic E-state index is 14.0. The van der Waals surface area contributed by atoms with Crippen LogP contribution in [0, 0.1) is 21.7 Å². The minimum Gasteiger partial charge on any atom is -0.383 e. The number of anilines is 1. The number of hydrogen-bond donors (Lipinski definition) is 2. The van der Waals surface area contributed by atoms with E-state index in [4.69, 9.17) is 11.5 Å². The summed E-state index contributed by atoms with van der Waals surface area (Å²) < 4.78 is 27.7. The summed E-state index contributed by atoms with van der Waals surface area (Å²) in [4.78, 5) is 27.7. The topological polar surface area (TPSA) is 138 Å².